The molecule has 0 saturated carbocycles. The van der Waals surface area contributed by atoms with Gasteiger partial charge in [0.2, 0.25) is 0 Å². The molecule has 1 aliphatic rings. The number of halogens is 1. The second-order valence-electron chi connectivity index (χ2n) is 9.22. The summed E-state index contributed by atoms with van der Waals surface area (Å²) in [6.45, 7) is 2.82. The lowest BCUT2D eigenvalue weighted by atomic mass is 10.1. The summed E-state index contributed by atoms with van der Waals surface area (Å²) >= 11 is 1.24. The van der Waals surface area contributed by atoms with E-state index in [-0.39, 0.29) is 18.2 Å². The van der Waals surface area contributed by atoms with Crippen LogP contribution in [0, 0.1) is 5.82 Å². The minimum atomic E-state index is -0.406. The maximum absolute atomic E-state index is 15.2. The van der Waals surface area contributed by atoms with Gasteiger partial charge in [-0.25, -0.2) is 19.3 Å². The Kier molecular flexibility index (Phi) is 6.34. The average Bonchev–Trinajstić information content (AvgIpc) is 3.58. The summed E-state index contributed by atoms with van der Waals surface area (Å²) in [7, 11) is 3.88. The molecule has 194 valence electrons. The number of carbonyl (C=O) groups excluding carboxylic acids is 1. The van der Waals surface area contributed by atoms with E-state index in [0.717, 1.165) is 24.2 Å². The number of fused-ring (bicyclic) bond motifs is 2. The van der Waals surface area contributed by atoms with Crippen molar-refractivity contribution in [2.75, 3.05) is 45.2 Å². The van der Waals surface area contributed by atoms with E-state index in [9.17, 15) is 4.79 Å². The number of amides is 1. The van der Waals surface area contributed by atoms with Gasteiger partial charge < -0.3 is 19.9 Å². The maximum atomic E-state index is 15.2. The van der Waals surface area contributed by atoms with Crippen molar-refractivity contribution in [1.29, 1.82) is 0 Å². The van der Waals surface area contributed by atoms with Crippen LogP contribution in [0.3, 0.4) is 0 Å². The summed E-state index contributed by atoms with van der Waals surface area (Å²) < 4.78 is 23.5. The number of ether oxygens (including phenoxy) is 1. The number of aryl methyl sites for hydroxylation is 1. The van der Waals surface area contributed by atoms with E-state index < -0.39 is 5.82 Å². The summed E-state index contributed by atoms with van der Waals surface area (Å²) in [6, 6.07) is 7.13. The Labute approximate surface area is 221 Å². The van der Waals surface area contributed by atoms with E-state index in [4.69, 9.17) is 4.74 Å². The number of anilines is 2. The second-order valence-corrected chi connectivity index (χ2v) is 10.1. The third-order valence-electron chi connectivity index (χ3n) is 6.64. The number of nitrogens with one attached hydrogen (secondary N) is 1. The minimum absolute atomic E-state index is 0.0916. The molecule has 10 nitrogen and oxygen atoms in total. The number of nitrogens with zero attached hydrogens (tertiary/aromatic N) is 7. The fourth-order valence-electron chi connectivity index (χ4n) is 4.51. The SMILES string of the molecule is CN1CCN(C(=O)COc2cc(-c3cnn(C)c3)cc3ncnc(Nc4ccc5ncsc5c4F)c23)CC1. The Morgan fingerprint density at radius 3 is 2.71 bits per heavy atom. The molecule has 0 spiro atoms. The van der Waals surface area contributed by atoms with Gasteiger partial charge in [0.05, 0.1) is 38.5 Å². The highest BCUT2D eigenvalue weighted by Crippen LogP contribution is 2.37. The molecule has 0 atom stereocenters. The topological polar surface area (TPSA) is 101 Å². The number of thiazole rings is 1. The Hall–Kier alpha value is -4.16. The zero-order chi connectivity index (χ0) is 26.2. The van der Waals surface area contributed by atoms with Crippen molar-refractivity contribution in [1.82, 2.24) is 34.5 Å². The van der Waals surface area contributed by atoms with Crippen LogP contribution in [0.25, 0.3) is 32.2 Å². The van der Waals surface area contributed by atoms with Crippen LogP contribution in [0.5, 0.6) is 5.75 Å². The molecule has 0 radical (unpaired) electrons. The van der Waals surface area contributed by atoms with Gasteiger partial charge in [0.25, 0.3) is 5.91 Å². The minimum Gasteiger partial charge on any atom is -0.483 e. The van der Waals surface area contributed by atoms with Crippen molar-refractivity contribution in [3.05, 3.63) is 54.3 Å². The summed E-state index contributed by atoms with van der Waals surface area (Å²) in [4.78, 5) is 30.0. The van der Waals surface area contributed by atoms with Crippen LogP contribution < -0.4 is 10.1 Å². The number of rotatable bonds is 6. The molecule has 0 unspecified atom stereocenters. The second kappa shape index (κ2) is 9.95. The Morgan fingerprint density at radius 2 is 1.92 bits per heavy atom. The van der Waals surface area contributed by atoms with Crippen LogP contribution in [0.1, 0.15) is 0 Å². The first-order chi connectivity index (χ1) is 18.5. The first-order valence-corrected chi connectivity index (χ1v) is 13.0. The summed E-state index contributed by atoms with van der Waals surface area (Å²) in [5, 5.41) is 7.93. The molecule has 0 aliphatic carbocycles. The predicted molar refractivity (Wildman–Crippen MR) is 144 cm³/mol. The fraction of sp³-hybridized carbons (Fsp3) is 0.269. The molecule has 1 saturated heterocycles. The number of benzene rings is 2. The van der Waals surface area contributed by atoms with Crippen LogP contribution in [0.2, 0.25) is 0 Å². The molecule has 1 N–H and O–H groups in total. The Balaban J connectivity index is 1.38. The molecule has 3 aromatic heterocycles. The van der Waals surface area contributed by atoms with E-state index in [2.05, 4.69) is 30.3 Å². The first-order valence-electron chi connectivity index (χ1n) is 12.1. The number of aromatic nitrogens is 5. The molecule has 1 aliphatic heterocycles. The number of piperazine rings is 1. The average molecular weight is 533 g/mol. The van der Waals surface area contributed by atoms with Gasteiger partial charge in [0.1, 0.15) is 17.9 Å². The van der Waals surface area contributed by atoms with E-state index in [1.807, 2.05) is 37.3 Å². The molecule has 1 fully saturated rings. The van der Waals surface area contributed by atoms with Gasteiger partial charge in [-0.05, 0) is 36.9 Å². The molecule has 1 amide bonds. The highest BCUT2D eigenvalue weighted by molar-refractivity contribution is 7.16. The van der Waals surface area contributed by atoms with E-state index in [1.54, 1.807) is 28.5 Å². The van der Waals surface area contributed by atoms with Gasteiger partial charge in [-0.2, -0.15) is 5.10 Å². The molecule has 12 heteroatoms. The van der Waals surface area contributed by atoms with E-state index in [0.29, 0.717) is 45.8 Å². The van der Waals surface area contributed by atoms with Crippen LogP contribution in [0.4, 0.5) is 15.9 Å². The van der Waals surface area contributed by atoms with E-state index in [1.165, 1.54) is 17.7 Å². The van der Waals surface area contributed by atoms with Crippen molar-refractivity contribution in [3.8, 4) is 16.9 Å². The molecule has 6 rings (SSSR count). The number of likely N-dealkylation sites (N-methyl/N-ethyl adjacent to an activating group) is 1. The highest BCUT2D eigenvalue weighted by atomic mass is 32.1. The lowest BCUT2D eigenvalue weighted by Gasteiger charge is -2.32. The smallest absolute Gasteiger partial charge is 0.260 e. The zero-order valence-electron chi connectivity index (χ0n) is 20.9. The number of hydrogen-bond acceptors (Lipinski definition) is 9. The van der Waals surface area contributed by atoms with E-state index >= 15 is 4.39 Å². The number of carbonyl (C=O) groups is 1. The van der Waals surface area contributed by atoms with Gasteiger partial charge in [-0.1, -0.05) is 0 Å². The standard InChI is InChI=1S/C26H25FN8O2S/c1-33-5-7-35(8-6-33)22(36)13-37-21-10-16(17-11-31-34(2)12-17)9-20-23(21)26(29-14-28-20)32-18-3-4-19-25(24(18)27)38-15-30-19/h3-4,9-12,14-15H,5-8,13H2,1-2H3,(H,28,29,32). The van der Waals surface area contributed by atoms with Crippen molar-refractivity contribution < 1.29 is 13.9 Å². The molecule has 38 heavy (non-hydrogen) atoms. The van der Waals surface area contributed by atoms with Crippen LogP contribution in [-0.4, -0.2) is 80.3 Å². The predicted octanol–water partition coefficient (Wildman–Crippen LogP) is 3.68. The zero-order valence-corrected chi connectivity index (χ0v) is 21.7. The van der Waals surface area contributed by atoms with Gasteiger partial charge in [-0.15, -0.1) is 11.3 Å². The quantitative estimate of drug-likeness (QED) is 0.354. The largest absolute Gasteiger partial charge is 0.483 e. The highest BCUT2D eigenvalue weighted by Gasteiger charge is 2.21. The molecule has 5 aromatic rings. The third kappa shape index (κ3) is 4.63. The van der Waals surface area contributed by atoms with Gasteiger partial charge in [0.15, 0.2) is 12.4 Å². The fourth-order valence-corrected chi connectivity index (χ4v) is 5.23. The Bertz CT molecular complexity index is 1640. The lowest BCUT2D eigenvalue weighted by Crippen LogP contribution is -2.48. The number of hydrogen-bond donors (Lipinski definition) is 1. The van der Waals surface area contributed by atoms with Crippen LogP contribution in [-0.2, 0) is 11.8 Å². The monoisotopic (exact) mass is 532 g/mol. The summed E-state index contributed by atoms with van der Waals surface area (Å²) in [5.74, 6) is 0.297. The summed E-state index contributed by atoms with van der Waals surface area (Å²) in [6.07, 6.45) is 5.06. The lowest BCUT2D eigenvalue weighted by molar-refractivity contribution is -0.134. The Morgan fingerprint density at radius 1 is 1.08 bits per heavy atom. The van der Waals surface area contributed by atoms with Crippen molar-refractivity contribution in [2.45, 2.75) is 0 Å². The maximum Gasteiger partial charge on any atom is 0.260 e. The molecular formula is C26H25FN8O2S. The summed E-state index contributed by atoms with van der Waals surface area (Å²) in [5.41, 5.74) is 4.76. The molecular weight excluding hydrogens is 507 g/mol. The van der Waals surface area contributed by atoms with Crippen LogP contribution in [0.15, 0.2) is 48.5 Å². The van der Waals surface area contributed by atoms with Crippen LogP contribution >= 0.6 is 11.3 Å². The van der Waals surface area contributed by atoms with Crippen molar-refractivity contribution in [2.24, 2.45) is 7.05 Å². The molecule has 2 aromatic carbocycles. The molecule has 4 heterocycles. The van der Waals surface area contributed by atoms with Gasteiger partial charge in [0, 0.05) is 45.0 Å². The van der Waals surface area contributed by atoms with Crippen molar-refractivity contribution >= 4 is 49.9 Å². The first kappa shape index (κ1) is 24.2. The molecule has 0 bridgehead atoms. The third-order valence-corrected chi connectivity index (χ3v) is 7.47. The van der Waals surface area contributed by atoms with Gasteiger partial charge >= 0.3 is 0 Å². The normalized spacial score (nSPS) is 14.3. The van der Waals surface area contributed by atoms with Gasteiger partial charge in [-0.3, -0.25) is 9.48 Å². The van der Waals surface area contributed by atoms with Crippen molar-refractivity contribution in [3.63, 3.8) is 0 Å².